The summed E-state index contributed by atoms with van der Waals surface area (Å²) in [6.07, 6.45) is 3.50. The van der Waals surface area contributed by atoms with Gasteiger partial charge in [0.1, 0.15) is 0 Å². The molecule has 5 nitrogen and oxygen atoms in total. The molecule has 114 valence electrons. The molecule has 0 aromatic heterocycles. The number of aliphatic hydroxyl groups is 2. The SMILES string of the molecule is CC(C1CCN(CCCN)CC1)N(CCO)CCO. The molecule has 0 spiro atoms. The smallest absolute Gasteiger partial charge is 0.0558 e. The van der Waals surface area contributed by atoms with Crippen molar-refractivity contribution in [2.75, 3.05) is 52.5 Å². The summed E-state index contributed by atoms with van der Waals surface area (Å²) in [5.74, 6) is 0.673. The molecular formula is C14H31N3O2. The third-order valence-corrected chi connectivity index (χ3v) is 4.34. The lowest BCUT2D eigenvalue weighted by Crippen LogP contribution is -2.46. The second-order valence-corrected chi connectivity index (χ2v) is 5.55. The molecule has 0 aromatic rings. The number of nitrogens with two attached hydrogens (primary N) is 1. The molecule has 1 aliphatic heterocycles. The molecule has 0 radical (unpaired) electrons. The average Bonchev–Trinajstić information content (AvgIpc) is 2.44. The van der Waals surface area contributed by atoms with Crippen LogP contribution in [-0.2, 0) is 0 Å². The van der Waals surface area contributed by atoms with Crippen LogP contribution in [0.25, 0.3) is 0 Å². The minimum absolute atomic E-state index is 0.166. The van der Waals surface area contributed by atoms with Gasteiger partial charge >= 0.3 is 0 Å². The molecule has 1 unspecified atom stereocenters. The minimum atomic E-state index is 0.166. The molecule has 4 N–H and O–H groups in total. The van der Waals surface area contributed by atoms with Crippen molar-refractivity contribution in [2.45, 2.75) is 32.2 Å². The van der Waals surface area contributed by atoms with Crippen LogP contribution in [0.3, 0.4) is 0 Å². The normalized spacial score (nSPS) is 20.1. The van der Waals surface area contributed by atoms with Crippen molar-refractivity contribution in [1.82, 2.24) is 9.80 Å². The Kier molecular flexibility index (Phi) is 8.57. The molecule has 1 atom stereocenters. The standard InChI is InChI=1S/C14H31N3O2/c1-13(17(9-11-18)10-12-19)14-3-7-16(8-4-14)6-2-5-15/h13-14,18-19H,2-12,15H2,1H3. The van der Waals surface area contributed by atoms with Gasteiger partial charge in [0, 0.05) is 19.1 Å². The molecule has 0 bridgehead atoms. The van der Waals surface area contributed by atoms with Gasteiger partial charge in [0.2, 0.25) is 0 Å². The summed E-state index contributed by atoms with van der Waals surface area (Å²) in [5.41, 5.74) is 5.55. The van der Waals surface area contributed by atoms with Crippen LogP contribution in [0.15, 0.2) is 0 Å². The maximum Gasteiger partial charge on any atom is 0.0558 e. The van der Waals surface area contributed by atoms with Crippen LogP contribution in [0.1, 0.15) is 26.2 Å². The van der Waals surface area contributed by atoms with Gasteiger partial charge in [-0.2, -0.15) is 0 Å². The zero-order valence-electron chi connectivity index (χ0n) is 12.3. The van der Waals surface area contributed by atoms with Gasteiger partial charge in [-0.25, -0.2) is 0 Å². The Labute approximate surface area is 117 Å². The first-order chi connectivity index (χ1) is 9.22. The van der Waals surface area contributed by atoms with Gasteiger partial charge in [-0.1, -0.05) is 0 Å². The summed E-state index contributed by atoms with van der Waals surface area (Å²) in [5, 5.41) is 18.2. The van der Waals surface area contributed by atoms with E-state index >= 15 is 0 Å². The molecular weight excluding hydrogens is 242 g/mol. The van der Waals surface area contributed by atoms with E-state index < -0.39 is 0 Å². The van der Waals surface area contributed by atoms with Crippen LogP contribution < -0.4 is 5.73 Å². The zero-order valence-corrected chi connectivity index (χ0v) is 12.3. The van der Waals surface area contributed by atoms with E-state index in [9.17, 15) is 0 Å². The van der Waals surface area contributed by atoms with E-state index in [1.165, 1.54) is 12.8 Å². The molecule has 0 saturated carbocycles. The number of likely N-dealkylation sites (tertiary alicyclic amines) is 1. The number of nitrogens with zero attached hydrogens (tertiary/aromatic N) is 2. The molecule has 5 heteroatoms. The van der Waals surface area contributed by atoms with Crippen molar-refractivity contribution >= 4 is 0 Å². The Morgan fingerprint density at radius 2 is 1.79 bits per heavy atom. The maximum atomic E-state index is 9.11. The molecule has 1 heterocycles. The monoisotopic (exact) mass is 273 g/mol. The number of hydrogen-bond donors (Lipinski definition) is 3. The van der Waals surface area contributed by atoms with Crippen LogP contribution in [-0.4, -0.2) is 78.5 Å². The predicted molar refractivity (Wildman–Crippen MR) is 78.0 cm³/mol. The molecule has 1 fully saturated rings. The molecule has 0 aromatic carbocycles. The Balaban J connectivity index is 2.35. The lowest BCUT2D eigenvalue weighted by molar-refractivity contribution is 0.0689. The fourth-order valence-electron chi connectivity index (χ4n) is 3.05. The predicted octanol–water partition coefficient (Wildman–Crippen LogP) is -0.278. The van der Waals surface area contributed by atoms with Crippen LogP contribution >= 0.6 is 0 Å². The van der Waals surface area contributed by atoms with Gasteiger partial charge in [-0.15, -0.1) is 0 Å². The molecule has 0 amide bonds. The second-order valence-electron chi connectivity index (χ2n) is 5.55. The Morgan fingerprint density at radius 1 is 1.21 bits per heavy atom. The van der Waals surface area contributed by atoms with Crippen molar-refractivity contribution in [3.63, 3.8) is 0 Å². The highest BCUT2D eigenvalue weighted by atomic mass is 16.3. The molecule has 1 saturated heterocycles. The Morgan fingerprint density at radius 3 is 2.26 bits per heavy atom. The van der Waals surface area contributed by atoms with E-state index in [2.05, 4.69) is 16.7 Å². The van der Waals surface area contributed by atoms with E-state index in [4.69, 9.17) is 15.9 Å². The summed E-state index contributed by atoms with van der Waals surface area (Å²) < 4.78 is 0. The van der Waals surface area contributed by atoms with Gasteiger partial charge in [0.05, 0.1) is 13.2 Å². The first-order valence-corrected chi connectivity index (χ1v) is 7.61. The highest BCUT2D eigenvalue weighted by Gasteiger charge is 2.26. The molecule has 1 aliphatic rings. The zero-order chi connectivity index (χ0) is 14.1. The maximum absolute atomic E-state index is 9.11. The topological polar surface area (TPSA) is 73.0 Å². The quantitative estimate of drug-likeness (QED) is 0.539. The summed E-state index contributed by atoms with van der Waals surface area (Å²) in [4.78, 5) is 4.71. The highest BCUT2D eigenvalue weighted by molar-refractivity contribution is 4.81. The summed E-state index contributed by atoms with van der Waals surface area (Å²) in [6.45, 7) is 8.09. The fourth-order valence-corrected chi connectivity index (χ4v) is 3.05. The lowest BCUT2D eigenvalue weighted by atomic mass is 9.89. The number of aliphatic hydroxyl groups excluding tert-OH is 2. The van der Waals surface area contributed by atoms with Crippen LogP contribution in [0.5, 0.6) is 0 Å². The van der Waals surface area contributed by atoms with E-state index in [0.717, 1.165) is 32.6 Å². The van der Waals surface area contributed by atoms with E-state index in [0.29, 0.717) is 25.0 Å². The minimum Gasteiger partial charge on any atom is -0.395 e. The van der Waals surface area contributed by atoms with Crippen LogP contribution in [0, 0.1) is 5.92 Å². The van der Waals surface area contributed by atoms with Gasteiger partial charge in [-0.3, -0.25) is 4.90 Å². The van der Waals surface area contributed by atoms with E-state index in [-0.39, 0.29) is 13.2 Å². The number of hydrogen-bond acceptors (Lipinski definition) is 5. The second kappa shape index (κ2) is 9.66. The van der Waals surface area contributed by atoms with Crippen molar-refractivity contribution in [3.05, 3.63) is 0 Å². The Hall–Kier alpha value is -0.200. The van der Waals surface area contributed by atoms with Gasteiger partial charge < -0.3 is 20.8 Å². The van der Waals surface area contributed by atoms with E-state index in [1.807, 2.05) is 0 Å². The largest absolute Gasteiger partial charge is 0.395 e. The molecule has 19 heavy (non-hydrogen) atoms. The molecule has 1 rings (SSSR count). The van der Waals surface area contributed by atoms with Gasteiger partial charge in [-0.05, 0) is 58.3 Å². The number of rotatable bonds is 9. The van der Waals surface area contributed by atoms with Crippen molar-refractivity contribution in [3.8, 4) is 0 Å². The van der Waals surface area contributed by atoms with Crippen molar-refractivity contribution in [2.24, 2.45) is 11.7 Å². The third-order valence-electron chi connectivity index (χ3n) is 4.34. The van der Waals surface area contributed by atoms with Gasteiger partial charge in [0.15, 0.2) is 0 Å². The summed E-state index contributed by atoms with van der Waals surface area (Å²) in [7, 11) is 0. The molecule has 0 aliphatic carbocycles. The van der Waals surface area contributed by atoms with Crippen LogP contribution in [0.2, 0.25) is 0 Å². The van der Waals surface area contributed by atoms with Gasteiger partial charge in [0.25, 0.3) is 0 Å². The summed E-state index contributed by atoms with van der Waals surface area (Å²) >= 11 is 0. The first-order valence-electron chi connectivity index (χ1n) is 7.61. The third kappa shape index (κ3) is 5.75. The van der Waals surface area contributed by atoms with Crippen LogP contribution in [0.4, 0.5) is 0 Å². The van der Waals surface area contributed by atoms with Crippen molar-refractivity contribution in [1.29, 1.82) is 0 Å². The number of piperidine rings is 1. The highest BCUT2D eigenvalue weighted by Crippen LogP contribution is 2.23. The Bertz CT molecular complexity index is 215. The average molecular weight is 273 g/mol. The summed E-state index contributed by atoms with van der Waals surface area (Å²) in [6, 6.07) is 0.441. The van der Waals surface area contributed by atoms with E-state index in [1.54, 1.807) is 0 Å². The van der Waals surface area contributed by atoms with Crippen molar-refractivity contribution < 1.29 is 10.2 Å². The first kappa shape index (κ1) is 16.9. The lowest BCUT2D eigenvalue weighted by Gasteiger charge is -2.39. The fraction of sp³-hybridized carbons (Fsp3) is 1.00.